The van der Waals surface area contributed by atoms with E-state index in [9.17, 15) is 0 Å². The molecule has 0 amide bonds. The molecule has 0 unspecified atom stereocenters. The third-order valence-corrected chi connectivity index (χ3v) is 5.32. The SMILES string of the molecule is C=C(N=C(OC)c1ccc(COc2ccc3c(c2)CCN(OC)C3)cc1)C(C)(C)C. The number of hydrogen-bond acceptors (Lipinski definition) is 5. The minimum atomic E-state index is -0.103. The first-order valence-corrected chi connectivity index (χ1v) is 10.2. The van der Waals surface area contributed by atoms with Gasteiger partial charge < -0.3 is 14.3 Å². The first kappa shape index (κ1) is 22.1. The molecule has 30 heavy (non-hydrogen) atoms. The van der Waals surface area contributed by atoms with Gasteiger partial charge in [0, 0.05) is 29.8 Å². The molecule has 0 saturated heterocycles. The zero-order valence-electron chi connectivity index (χ0n) is 18.7. The molecule has 2 aromatic rings. The maximum Gasteiger partial charge on any atom is 0.220 e. The molecule has 0 saturated carbocycles. The third-order valence-electron chi connectivity index (χ3n) is 5.32. The van der Waals surface area contributed by atoms with Crippen LogP contribution in [0.1, 0.15) is 43.0 Å². The van der Waals surface area contributed by atoms with E-state index in [1.807, 2.05) is 35.4 Å². The maximum absolute atomic E-state index is 6.03. The summed E-state index contributed by atoms with van der Waals surface area (Å²) in [6.07, 6.45) is 0.966. The summed E-state index contributed by atoms with van der Waals surface area (Å²) in [5.41, 5.74) is 5.32. The van der Waals surface area contributed by atoms with E-state index < -0.39 is 0 Å². The van der Waals surface area contributed by atoms with Crippen LogP contribution in [0.3, 0.4) is 0 Å². The average molecular weight is 409 g/mol. The molecular weight excluding hydrogens is 376 g/mol. The van der Waals surface area contributed by atoms with Crippen LogP contribution in [0.15, 0.2) is 59.7 Å². The van der Waals surface area contributed by atoms with Crippen LogP contribution in [0, 0.1) is 5.41 Å². The second kappa shape index (κ2) is 9.45. The molecule has 0 aromatic heterocycles. The van der Waals surface area contributed by atoms with E-state index in [1.54, 1.807) is 14.2 Å². The van der Waals surface area contributed by atoms with Crippen molar-refractivity contribution in [1.29, 1.82) is 0 Å². The summed E-state index contributed by atoms with van der Waals surface area (Å²) >= 11 is 0. The molecule has 0 bridgehead atoms. The number of methoxy groups -OCH3 is 1. The zero-order valence-corrected chi connectivity index (χ0v) is 18.7. The molecule has 0 aliphatic carbocycles. The predicted octanol–water partition coefficient (Wildman–Crippen LogP) is 5.14. The lowest BCUT2D eigenvalue weighted by atomic mass is 9.93. The minimum absolute atomic E-state index is 0.103. The number of rotatable bonds is 6. The van der Waals surface area contributed by atoms with Crippen LogP contribution in [0.2, 0.25) is 0 Å². The molecule has 5 heteroatoms. The highest BCUT2D eigenvalue weighted by atomic mass is 16.7. The van der Waals surface area contributed by atoms with Gasteiger partial charge in [-0.05, 0) is 47.4 Å². The van der Waals surface area contributed by atoms with Gasteiger partial charge in [-0.3, -0.25) is 0 Å². The van der Waals surface area contributed by atoms with Gasteiger partial charge in [0.25, 0.3) is 0 Å². The molecule has 0 atom stereocenters. The van der Waals surface area contributed by atoms with Crippen LogP contribution >= 0.6 is 0 Å². The van der Waals surface area contributed by atoms with E-state index in [2.05, 4.69) is 44.5 Å². The summed E-state index contributed by atoms with van der Waals surface area (Å²) in [5, 5.41) is 1.97. The zero-order chi connectivity index (χ0) is 21.7. The van der Waals surface area contributed by atoms with Gasteiger partial charge in [0.05, 0.1) is 14.2 Å². The van der Waals surface area contributed by atoms with Crippen LogP contribution in [0.25, 0.3) is 0 Å². The molecule has 160 valence electrons. The molecule has 2 aromatic carbocycles. The Morgan fingerprint density at radius 3 is 2.43 bits per heavy atom. The van der Waals surface area contributed by atoms with Crippen molar-refractivity contribution >= 4 is 5.90 Å². The number of allylic oxidation sites excluding steroid dienone is 1. The maximum atomic E-state index is 6.03. The lowest BCUT2D eigenvalue weighted by Crippen LogP contribution is -2.29. The van der Waals surface area contributed by atoms with Crippen molar-refractivity contribution in [2.24, 2.45) is 10.4 Å². The third kappa shape index (κ3) is 5.49. The highest BCUT2D eigenvalue weighted by molar-refractivity contribution is 5.94. The van der Waals surface area contributed by atoms with E-state index in [0.717, 1.165) is 42.1 Å². The Bertz CT molecular complexity index is 911. The molecule has 3 rings (SSSR count). The fraction of sp³-hybridized carbons (Fsp3) is 0.400. The topological polar surface area (TPSA) is 43.3 Å². The fourth-order valence-electron chi connectivity index (χ4n) is 3.18. The summed E-state index contributed by atoms with van der Waals surface area (Å²) in [7, 11) is 3.35. The molecule has 5 nitrogen and oxygen atoms in total. The number of ether oxygens (including phenoxy) is 2. The van der Waals surface area contributed by atoms with Crippen molar-refractivity contribution in [3.8, 4) is 5.75 Å². The number of hydrogen-bond donors (Lipinski definition) is 0. The van der Waals surface area contributed by atoms with Crippen molar-refractivity contribution < 1.29 is 14.3 Å². The Kier molecular flexibility index (Phi) is 6.95. The standard InChI is InChI=1S/C25H32N2O3/c1-18(25(2,3)4)26-24(28-5)20-9-7-19(8-10-20)17-30-23-12-11-22-16-27(29-6)14-13-21(22)15-23/h7-12,15H,1,13-14,16-17H2,2-6H3. The number of aliphatic imine (C=N–C) groups is 1. The molecule has 1 aliphatic rings. The molecule has 1 heterocycles. The van der Waals surface area contributed by atoms with Gasteiger partial charge in [-0.25, -0.2) is 4.99 Å². The lowest BCUT2D eigenvalue weighted by Gasteiger charge is -2.26. The van der Waals surface area contributed by atoms with Gasteiger partial charge in [-0.1, -0.05) is 45.5 Å². The summed E-state index contributed by atoms with van der Waals surface area (Å²) in [6, 6.07) is 14.4. The molecule has 0 spiro atoms. The highest BCUT2D eigenvalue weighted by Gasteiger charge is 2.17. The Morgan fingerprint density at radius 2 is 1.80 bits per heavy atom. The summed E-state index contributed by atoms with van der Waals surface area (Å²) in [4.78, 5) is 9.90. The van der Waals surface area contributed by atoms with Gasteiger partial charge in [-0.15, -0.1) is 0 Å². The van der Waals surface area contributed by atoms with Crippen LogP contribution in [-0.2, 0) is 29.1 Å². The summed E-state index contributed by atoms with van der Waals surface area (Å²) < 4.78 is 11.5. The van der Waals surface area contributed by atoms with Gasteiger partial charge in [0.15, 0.2) is 0 Å². The summed E-state index contributed by atoms with van der Waals surface area (Å²) in [5.74, 6) is 1.46. The van der Waals surface area contributed by atoms with Gasteiger partial charge in [0.2, 0.25) is 5.90 Å². The Balaban J connectivity index is 1.64. The fourth-order valence-corrected chi connectivity index (χ4v) is 3.18. The number of benzene rings is 2. The number of fused-ring (bicyclic) bond motifs is 1. The smallest absolute Gasteiger partial charge is 0.220 e. The van der Waals surface area contributed by atoms with E-state index in [4.69, 9.17) is 14.3 Å². The quantitative estimate of drug-likeness (QED) is 0.490. The number of hydroxylamine groups is 2. The van der Waals surface area contributed by atoms with Crippen LogP contribution in [0.4, 0.5) is 0 Å². The molecule has 0 radical (unpaired) electrons. The first-order chi connectivity index (χ1) is 14.3. The molecular formula is C25H32N2O3. The first-order valence-electron chi connectivity index (χ1n) is 10.2. The largest absolute Gasteiger partial charge is 0.489 e. The molecule has 0 N–H and O–H groups in total. The average Bonchev–Trinajstić information content (AvgIpc) is 2.75. The van der Waals surface area contributed by atoms with Crippen LogP contribution < -0.4 is 4.74 Å². The van der Waals surface area contributed by atoms with Crippen LogP contribution in [0.5, 0.6) is 5.75 Å². The van der Waals surface area contributed by atoms with E-state index >= 15 is 0 Å². The number of nitrogens with zero attached hydrogens (tertiary/aromatic N) is 2. The van der Waals surface area contributed by atoms with Crippen molar-refractivity contribution in [1.82, 2.24) is 5.06 Å². The monoisotopic (exact) mass is 408 g/mol. The Morgan fingerprint density at radius 1 is 1.07 bits per heavy atom. The van der Waals surface area contributed by atoms with Crippen molar-refractivity contribution in [2.75, 3.05) is 20.8 Å². The second-order valence-electron chi connectivity index (χ2n) is 8.53. The predicted molar refractivity (Wildman–Crippen MR) is 120 cm³/mol. The molecule has 1 aliphatic heterocycles. The second-order valence-corrected chi connectivity index (χ2v) is 8.53. The van der Waals surface area contributed by atoms with Gasteiger partial charge in [0.1, 0.15) is 12.4 Å². The van der Waals surface area contributed by atoms with Gasteiger partial charge in [-0.2, -0.15) is 5.06 Å². The Labute approximate surface area is 179 Å². The van der Waals surface area contributed by atoms with E-state index in [1.165, 1.54) is 11.1 Å². The lowest BCUT2D eigenvalue weighted by molar-refractivity contribution is -0.142. The summed E-state index contributed by atoms with van der Waals surface area (Å²) in [6.45, 7) is 12.5. The van der Waals surface area contributed by atoms with Crippen molar-refractivity contribution in [3.63, 3.8) is 0 Å². The minimum Gasteiger partial charge on any atom is -0.489 e. The van der Waals surface area contributed by atoms with Crippen molar-refractivity contribution in [3.05, 3.63) is 77.0 Å². The van der Waals surface area contributed by atoms with E-state index in [0.29, 0.717) is 12.5 Å². The van der Waals surface area contributed by atoms with E-state index in [-0.39, 0.29) is 5.41 Å². The molecule has 0 fully saturated rings. The van der Waals surface area contributed by atoms with Crippen molar-refractivity contribution in [2.45, 2.75) is 40.3 Å². The highest BCUT2D eigenvalue weighted by Crippen LogP contribution is 2.26. The normalized spacial score (nSPS) is 14.9. The van der Waals surface area contributed by atoms with Gasteiger partial charge >= 0.3 is 0 Å². The Hall–Kier alpha value is -2.63. The van der Waals surface area contributed by atoms with Crippen LogP contribution in [-0.4, -0.2) is 31.7 Å².